The molecule has 0 aromatic carbocycles. The summed E-state index contributed by atoms with van der Waals surface area (Å²) in [5.74, 6) is 0.467. The summed E-state index contributed by atoms with van der Waals surface area (Å²) < 4.78 is 5.46. The third-order valence-electron chi connectivity index (χ3n) is 1.93. The molecule has 76 valence electrons. The zero-order chi connectivity index (χ0) is 10.5. The third-order valence-corrected chi connectivity index (χ3v) is 1.93. The fraction of sp³-hybridized carbons (Fsp3) is 0.0909. The maximum atomic E-state index is 5.68. The van der Waals surface area contributed by atoms with Gasteiger partial charge >= 0.3 is 0 Å². The minimum atomic E-state index is 0.448. The summed E-state index contributed by atoms with van der Waals surface area (Å²) in [6.45, 7) is 0.448. The van der Waals surface area contributed by atoms with Crippen molar-refractivity contribution in [2.24, 2.45) is 0 Å². The lowest BCUT2D eigenvalue weighted by atomic mass is 10.3. The smallest absolute Gasteiger partial charge is 0.237 e. The molecule has 4 heteroatoms. The summed E-state index contributed by atoms with van der Waals surface area (Å²) in [7, 11) is 0. The van der Waals surface area contributed by atoms with Crippen LogP contribution in [0.1, 0.15) is 5.56 Å². The highest BCUT2D eigenvalue weighted by molar-refractivity contribution is 5.46. The molecule has 0 saturated carbocycles. The van der Waals surface area contributed by atoms with Crippen molar-refractivity contribution < 1.29 is 4.74 Å². The number of nitrogen functional groups attached to an aromatic ring is 1. The first-order chi connectivity index (χ1) is 7.36. The van der Waals surface area contributed by atoms with Crippen LogP contribution in [0.15, 0.2) is 42.9 Å². The summed E-state index contributed by atoms with van der Waals surface area (Å²) in [4.78, 5) is 7.95. The van der Waals surface area contributed by atoms with E-state index in [-0.39, 0.29) is 0 Å². The highest BCUT2D eigenvalue weighted by atomic mass is 16.5. The molecule has 0 bridgehead atoms. The third kappa shape index (κ3) is 2.43. The van der Waals surface area contributed by atoms with E-state index in [2.05, 4.69) is 9.97 Å². The Morgan fingerprint density at radius 3 is 2.67 bits per heavy atom. The SMILES string of the molecule is Nc1cccnc1OCc1ccncc1. The van der Waals surface area contributed by atoms with Gasteiger partial charge in [0.25, 0.3) is 0 Å². The molecule has 0 unspecified atom stereocenters. The molecule has 4 nitrogen and oxygen atoms in total. The molecule has 2 aromatic heterocycles. The maximum Gasteiger partial charge on any atom is 0.237 e. The van der Waals surface area contributed by atoms with E-state index in [1.807, 2.05) is 12.1 Å². The predicted molar refractivity (Wildman–Crippen MR) is 57.2 cm³/mol. The zero-order valence-electron chi connectivity index (χ0n) is 8.13. The first-order valence-electron chi connectivity index (χ1n) is 4.58. The van der Waals surface area contributed by atoms with Crippen LogP contribution < -0.4 is 10.5 Å². The van der Waals surface area contributed by atoms with Crippen LogP contribution >= 0.6 is 0 Å². The van der Waals surface area contributed by atoms with Gasteiger partial charge < -0.3 is 10.5 Å². The van der Waals surface area contributed by atoms with Crippen molar-refractivity contribution in [3.05, 3.63) is 48.4 Å². The second-order valence-electron chi connectivity index (χ2n) is 3.04. The molecule has 2 rings (SSSR count). The van der Waals surface area contributed by atoms with Crippen molar-refractivity contribution in [1.82, 2.24) is 9.97 Å². The van der Waals surface area contributed by atoms with Crippen LogP contribution in [0.25, 0.3) is 0 Å². The number of hydrogen-bond acceptors (Lipinski definition) is 4. The topological polar surface area (TPSA) is 61.0 Å². The van der Waals surface area contributed by atoms with Gasteiger partial charge in [-0.25, -0.2) is 4.98 Å². The highest BCUT2D eigenvalue weighted by Crippen LogP contribution is 2.17. The molecule has 0 spiro atoms. The molecule has 15 heavy (non-hydrogen) atoms. The van der Waals surface area contributed by atoms with Crippen molar-refractivity contribution in [3.8, 4) is 5.88 Å². The largest absolute Gasteiger partial charge is 0.471 e. The normalized spacial score (nSPS) is 9.87. The molecule has 0 saturated heterocycles. The molecule has 2 N–H and O–H groups in total. The van der Waals surface area contributed by atoms with Crippen LogP contribution in [-0.2, 0) is 6.61 Å². The molecule has 0 atom stereocenters. The van der Waals surface area contributed by atoms with Crippen LogP contribution in [0, 0.1) is 0 Å². The molecule has 0 aliphatic rings. The number of nitrogens with two attached hydrogens (primary N) is 1. The first kappa shape index (κ1) is 9.45. The lowest BCUT2D eigenvalue weighted by Crippen LogP contribution is -2.00. The second kappa shape index (κ2) is 4.41. The first-order valence-corrected chi connectivity index (χ1v) is 4.58. The average molecular weight is 201 g/mol. The van der Waals surface area contributed by atoms with E-state index in [1.54, 1.807) is 30.7 Å². The minimum Gasteiger partial charge on any atom is -0.471 e. The molecular formula is C11H11N3O. The lowest BCUT2D eigenvalue weighted by Gasteiger charge is -2.06. The Morgan fingerprint density at radius 2 is 1.93 bits per heavy atom. The monoisotopic (exact) mass is 201 g/mol. The van der Waals surface area contributed by atoms with Crippen LogP contribution in [0.4, 0.5) is 5.69 Å². The van der Waals surface area contributed by atoms with Gasteiger partial charge in [-0.2, -0.15) is 0 Å². The van der Waals surface area contributed by atoms with E-state index in [0.29, 0.717) is 18.2 Å². The molecule has 0 amide bonds. The highest BCUT2D eigenvalue weighted by Gasteiger charge is 2.00. The fourth-order valence-electron chi connectivity index (χ4n) is 1.15. The number of pyridine rings is 2. The second-order valence-corrected chi connectivity index (χ2v) is 3.04. The predicted octanol–water partition coefficient (Wildman–Crippen LogP) is 1.64. The minimum absolute atomic E-state index is 0.448. The number of nitrogens with zero attached hydrogens (tertiary/aromatic N) is 2. The maximum absolute atomic E-state index is 5.68. The summed E-state index contributed by atoms with van der Waals surface area (Å²) in [6, 6.07) is 7.31. The van der Waals surface area contributed by atoms with Crippen molar-refractivity contribution in [3.63, 3.8) is 0 Å². The number of rotatable bonds is 3. The molecule has 2 heterocycles. The van der Waals surface area contributed by atoms with Gasteiger partial charge in [0, 0.05) is 18.6 Å². The Morgan fingerprint density at radius 1 is 1.13 bits per heavy atom. The van der Waals surface area contributed by atoms with E-state index < -0.39 is 0 Å². The Labute approximate surface area is 87.7 Å². The van der Waals surface area contributed by atoms with Gasteiger partial charge in [-0.05, 0) is 29.8 Å². The summed E-state index contributed by atoms with van der Waals surface area (Å²) in [5.41, 5.74) is 7.27. The van der Waals surface area contributed by atoms with E-state index in [9.17, 15) is 0 Å². The Hall–Kier alpha value is -2.10. The van der Waals surface area contributed by atoms with Crippen molar-refractivity contribution >= 4 is 5.69 Å². The number of anilines is 1. The summed E-state index contributed by atoms with van der Waals surface area (Å²) in [5, 5.41) is 0. The standard InChI is InChI=1S/C11H11N3O/c12-10-2-1-5-14-11(10)15-8-9-3-6-13-7-4-9/h1-7H,8,12H2. The van der Waals surface area contributed by atoms with Gasteiger partial charge in [0.15, 0.2) is 0 Å². The van der Waals surface area contributed by atoms with Gasteiger partial charge in [-0.3, -0.25) is 4.98 Å². The van der Waals surface area contributed by atoms with Gasteiger partial charge in [-0.15, -0.1) is 0 Å². The molecule has 0 aliphatic carbocycles. The summed E-state index contributed by atoms with van der Waals surface area (Å²) >= 11 is 0. The van der Waals surface area contributed by atoms with Crippen LogP contribution in [0.5, 0.6) is 5.88 Å². The van der Waals surface area contributed by atoms with Gasteiger partial charge in [-0.1, -0.05) is 0 Å². The van der Waals surface area contributed by atoms with Crippen molar-refractivity contribution in [2.75, 3.05) is 5.73 Å². The van der Waals surface area contributed by atoms with E-state index in [4.69, 9.17) is 10.5 Å². The van der Waals surface area contributed by atoms with E-state index in [0.717, 1.165) is 5.56 Å². The Bertz CT molecular complexity index is 431. The van der Waals surface area contributed by atoms with Gasteiger partial charge in [0.1, 0.15) is 6.61 Å². The molecule has 0 radical (unpaired) electrons. The van der Waals surface area contributed by atoms with Crippen molar-refractivity contribution in [1.29, 1.82) is 0 Å². The summed E-state index contributed by atoms with van der Waals surface area (Å²) in [6.07, 6.45) is 5.10. The zero-order valence-corrected chi connectivity index (χ0v) is 8.13. The molecular weight excluding hydrogens is 190 g/mol. The van der Waals surface area contributed by atoms with Gasteiger partial charge in [0.2, 0.25) is 5.88 Å². The van der Waals surface area contributed by atoms with E-state index in [1.165, 1.54) is 0 Å². The van der Waals surface area contributed by atoms with Crippen LogP contribution in [0.3, 0.4) is 0 Å². The number of hydrogen-bond donors (Lipinski definition) is 1. The van der Waals surface area contributed by atoms with E-state index >= 15 is 0 Å². The molecule has 0 aliphatic heterocycles. The number of ether oxygens (including phenoxy) is 1. The van der Waals surface area contributed by atoms with Gasteiger partial charge in [0.05, 0.1) is 5.69 Å². The Kier molecular flexibility index (Phi) is 2.78. The molecule has 2 aromatic rings. The van der Waals surface area contributed by atoms with Crippen LogP contribution in [-0.4, -0.2) is 9.97 Å². The Balaban J connectivity index is 2.03. The van der Waals surface area contributed by atoms with Crippen LogP contribution in [0.2, 0.25) is 0 Å². The average Bonchev–Trinajstić information content (AvgIpc) is 2.29. The quantitative estimate of drug-likeness (QED) is 0.820. The molecule has 0 fully saturated rings. The lowest BCUT2D eigenvalue weighted by molar-refractivity contribution is 0.295. The van der Waals surface area contributed by atoms with Crippen molar-refractivity contribution in [2.45, 2.75) is 6.61 Å². The fourth-order valence-corrected chi connectivity index (χ4v) is 1.15. The number of aromatic nitrogens is 2.